The molecule has 0 N–H and O–H groups in total. The molecule has 0 radical (unpaired) electrons. The summed E-state index contributed by atoms with van der Waals surface area (Å²) in [6.45, 7) is 4.47. The first kappa shape index (κ1) is 21.0. The molecule has 4 atom stereocenters. The molecule has 0 aliphatic carbocycles. The molecule has 0 spiro atoms. The summed E-state index contributed by atoms with van der Waals surface area (Å²) in [5.41, 5.74) is 3.49. The van der Waals surface area contributed by atoms with E-state index in [1.165, 1.54) is 4.90 Å². The molecule has 3 heterocycles. The van der Waals surface area contributed by atoms with E-state index in [4.69, 9.17) is 11.6 Å². The number of fused-ring (bicyclic) bond motifs is 5. The Bertz CT molecular complexity index is 1140. The van der Waals surface area contributed by atoms with Gasteiger partial charge in [0.25, 0.3) is 0 Å². The maximum absolute atomic E-state index is 13.8. The van der Waals surface area contributed by atoms with Crippen molar-refractivity contribution in [1.82, 2.24) is 4.90 Å². The molecule has 3 aliphatic heterocycles. The minimum absolute atomic E-state index is 0.152. The Morgan fingerprint density at radius 1 is 1.00 bits per heavy atom. The molecule has 5 nitrogen and oxygen atoms in total. The number of imide groups is 1. The Morgan fingerprint density at radius 3 is 2.41 bits per heavy atom. The number of likely N-dealkylation sites (tertiary alicyclic amines) is 1. The summed E-state index contributed by atoms with van der Waals surface area (Å²) in [5.74, 6) is -1.77. The lowest BCUT2D eigenvalue weighted by atomic mass is 9.85. The minimum atomic E-state index is -0.736. The fourth-order valence-electron chi connectivity index (χ4n) is 5.48. The lowest BCUT2D eigenvalue weighted by Crippen LogP contribution is -2.49. The summed E-state index contributed by atoms with van der Waals surface area (Å²) in [4.78, 5) is 44.2. The number of benzene rings is 2. The van der Waals surface area contributed by atoms with Crippen molar-refractivity contribution in [2.45, 2.75) is 38.8 Å². The zero-order chi connectivity index (χ0) is 22.6. The zero-order valence-electron chi connectivity index (χ0n) is 18.1. The minimum Gasteiger partial charge on any atom is -0.352 e. The second-order valence-electron chi connectivity index (χ2n) is 8.81. The SMILES string of the molecule is CCCCN1C(=O)[C@@H]2[C@@H](C1=O)[C@H](C(=O)c1ccc(Cl)cc1)N1c3ccccc3C(C)=C[C@H]21. The summed E-state index contributed by atoms with van der Waals surface area (Å²) in [7, 11) is 0. The summed E-state index contributed by atoms with van der Waals surface area (Å²) < 4.78 is 0. The van der Waals surface area contributed by atoms with Crippen LogP contribution in [-0.2, 0) is 9.59 Å². The maximum Gasteiger partial charge on any atom is 0.235 e. The number of amides is 2. The van der Waals surface area contributed by atoms with Crippen LogP contribution < -0.4 is 4.90 Å². The largest absolute Gasteiger partial charge is 0.352 e. The van der Waals surface area contributed by atoms with E-state index in [0.717, 1.165) is 29.7 Å². The molecule has 0 saturated carbocycles. The summed E-state index contributed by atoms with van der Waals surface area (Å²) in [6.07, 6.45) is 3.71. The van der Waals surface area contributed by atoms with Crippen LogP contribution >= 0.6 is 11.6 Å². The molecule has 3 aliphatic rings. The van der Waals surface area contributed by atoms with Gasteiger partial charge in [0, 0.05) is 28.4 Å². The lowest BCUT2D eigenvalue weighted by Gasteiger charge is -2.38. The molecular weight excluding hydrogens is 424 g/mol. The third-order valence-corrected chi connectivity index (χ3v) is 7.23. The Hall–Kier alpha value is -2.92. The summed E-state index contributed by atoms with van der Waals surface area (Å²) in [6, 6.07) is 13.6. The highest BCUT2D eigenvalue weighted by molar-refractivity contribution is 6.30. The Labute approximate surface area is 192 Å². The highest BCUT2D eigenvalue weighted by Crippen LogP contribution is 2.50. The average Bonchev–Trinajstić information content (AvgIpc) is 3.25. The number of rotatable bonds is 5. The van der Waals surface area contributed by atoms with Crippen LogP contribution in [0.5, 0.6) is 0 Å². The van der Waals surface area contributed by atoms with Gasteiger partial charge in [-0.3, -0.25) is 19.3 Å². The molecule has 0 unspecified atom stereocenters. The third-order valence-electron chi connectivity index (χ3n) is 6.98. The van der Waals surface area contributed by atoms with E-state index < -0.39 is 17.9 Å². The van der Waals surface area contributed by atoms with Crippen molar-refractivity contribution < 1.29 is 14.4 Å². The molecule has 5 rings (SSSR count). The van der Waals surface area contributed by atoms with E-state index in [1.807, 2.05) is 43.0 Å². The van der Waals surface area contributed by atoms with Crippen molar-refractivity contribution in [2.75, 3.05) is 11.4 Å². The van der Waals surface area contributed by atoms with E-state index in [0.29, 0.717) is 17.1 Å². The van der Waals surface area contributed by atoms with Crippen molar-refractivity contribution in [1.29, 1.82) is 0 Å². The molecule has 6 heteroatoms. The van der Waals surface area contributed by atoms with Crippen LogP contribution in [0.15, 0.2) is 54.6 Å². The summed E-state index contributed by atoms with van der Waals surface area (Å²) >= 11 is 6.03. The molecular formula is C26H25ClN2O3. The van der Waals surface area contributed by atoms with Gasteiger partial charge in [-0.25, -0.2) is 0 Å². The van der Waals surface area contributed by atoms with Gasteiger partial charge in [-0.2, -0.15) is 0 Å². The van der Waals surface area contributed by atoms with Crippen LogP contribution in [0.3, 0.4) is 0 Å². The van der Waals surface area contributed by atoms with Gasteiger partial charge in [-0.1, -0.05) is 49.2 Å². The molecule has 2 amide bonds. The third kappa shape index (κ3) is 3.02. The molecule has 2 fully saturated rings. The number of carbonyl (C=O) groups is 3. The van der Waals surface area contributed by atoms with Gasteiger partial charge in [-0.15, -0.1) is 0 Å². The quantitative estimate of drug-likeness (QED) is 0.495. The monoisotopic (exact) mass is 448 g/mol. The predicted octanol–water partition coefficient (Wildman–Crippen LogP) is 4.60. The van der Waals surface area contributed by atoms with Crippen LogP contribution in [0.2, 0.25) is 5.02 Å². The number of anilines is 1. The maximum atomic E-state index is 13.8. The van der Waals surface area contributed by atoms with Gasteiger partial charge in [0.05, 0.1) is 17.9 Å². The Kier molecular flexibility index (Phi) is 5.17. The van der Waals surface area contributed by atoms with Gasteiger partial charge in [0.15, 0.2) is 5.78 Å². The summed E-state index contributed by atoms with van der Waals surface area (Å²) in [5, 5.41) is 0.545. The Morgan fingerprint density at radius 2 is 1.69 bits per heavy atom. The number of unbranched alkanes of at least 4 members (excludes halogenated alkanes) is 1. The number of allylic oxidation sites excluding steroid dienone is 1. The second kappa shape index (κ2) is 7.89. The molecule has 2 aromatic rings. The van der Waals surface area contributed by atoms with Crippen LogP contribution in [-0.4, -0.2) is 41.1 Å². The van der Waals surface area contributed by atoms with Crippen molar-refractivity contribution in [2.24, 2.45) is 11.8 Å². The van der Waals surface area contributed by atoms with Crippen LogP contribution in [0.1, 0.15) is 42.6 Å². The first-order chi connectivity index (χ1) is 15.4. The first-order valence-electron chi connectivity index (χ1n) is 11.1. The van der Waals surface area contributed by atoms with E-state index >= 15 is 0 Å². The molecule has 164 valence electrons. The fourth-order valence-corrected chi connectivity index (χ4v) is 5.61. The van der Waals surface area contributed by atoms with Gasteiger partial charge in [-0.05, 0) is 49.2 Å². The molecule has 32 heavy (non-hydrogen) atoms. The predicted molar refractivity (Wildman–Crippen MR) is 125 cm³/mol. The molecule has 2 saturated heterocycles. The van der Waals surface area contributed by atoms with E-state index in [2.05, 4.69) is 6.08 Å². The smallest absolute Gasteiger partial charge is 0.235 e. The first-order valence-corrected chi connectivity index (χ1v) is 11.5. The van der Waals surface area contributed by atoms with E-state index in [-0.39, 0.29) is 23.6 Å². The Balaban J connectivity index is 1.64. The number of hydrogen-bond acceptors (Lipinski definition) is 4. The fraction of sp³-hybridized carbons (Fsp3) is 0.346. The van der Waals surface area contributed by atoms with Gasteiger partial charge in [0.1, 0.15) is 6.04 Å². The number of Topliss-reactive ketones (excluding diaryl/α,β-unsaturated/α-hetero) is 1. The van der Waals surface area contributed by atoms with E-state index in [9.17, 15) is 14.4 Å². The standard InChI is InChI=1S/C26H25ClN2O3/c1-3-4-13-28-25(31)21-20-14-15(2)18-7-5-6-8-19(18)29(20)23(22(21)26(28)32)24(30)16-9-11-17(27)12-10-16/h5-12,14,20-23H,3-4,13H2,1-2H3/t20-,21+,22-,23-/m1/s1. The van der Waals surface area contributed by atoms with Crippen molar-refractivity contribution in [3.8, 4) is 0 Å². The molecule has 0 aromatic heterocycles. The molecule has 0 bridgehead atoms. The number of para-hydroxylation sites is 1. The van der Waals surface area contributed by atoms with Crippen LogP contribution in [0.4, 0.5) is 5.69 Å². The van der Waals surface area contributed by atoms with E-state index in [1.54, 1.807) is 24.3 Å². The number of ketones is 1. The highest BCUT2D eigenvalue weighted by Gasteiger charge is 2.64. The number of carbonyl (C=O) groups excluding carboxylic acids is 3. The number of hydrogen-bond donors (Lipinski definition) is 0. The van der Waals surface area contributed by atoms with Crippen LogP contribution in [0.25, 0.3) is 5.57 Å². The van der Waals surface area contributed by atoms with Gasteiger partial charge < -0.3 is 4.90 Å². The number of halogens is 1. The zero-order valence-corrected chi connectivity index (χ0v) is 18.9. The van der Waals surface area contributed by atoms with Crippen molar-refractivity contribution in [3.63, 3.8) is 0 Å². The van der Waals surface area contributed by atoms with Crippen molar-refractivity contribution >= 4 is 40.5 Å². The normalized spacial score (nSPS) is 26.0. The highest BCUT2D eigenvalue weighted by atomic mass is 35.5. The second-order valence-corrected chi connectivity index (χ2v) is 9.25. The molecule has 2 aromatic carbocycles. The van der Waals surface area contributed by atoms with Crippen LogP contribution in [0, 0.1) is 11.8 Å². The lowest BCUT2D eigenvalue weighted by molar-refractivity contribution is -0.140. The topological polar surface area (TPSA) is 57.7 Å². The van der Waals surface area contributed by atoms with Crippen molar-refractivity contribution in [3.05, 3.63) is 70.8 Å². The average molecular weight is 449 g/mol. The number of nitrogens with zero attached hydrogens (tertiary/aromatic N) is 2. The van der Waals surface area contributed by atoms with Gasteiger partial charge in [0.2, 0.25) is 11.8 Å². The van der Waals surface area contributed by atoms with Gasteiger partial charge >= 0.3 is 0 Å².